The lowest BCUT2D eigenvalue weighted by Gasteiger charge is -2.26. The molecule has 1 saturated carbocycles. The molecule has 2 N–H and O–H groups in total. The van der Waals surface area contributed by atoms with Gasteiger partial charge in [0.1, 0.15) is 0 Å². The number of nitrogens with one attached hydrogen (secondary N) is 1. The molecule has 2 aliphatic rings. The van der Waals surface area contributed by atoms with E-state index in [0.29, 0.717) is 0 Å². The number of carboxylic acids is 1. The fraction of sp³-hybridized carbons (Fsp3) is 0.500. The number of amides is 1. The fourth-order valence-corrected chi connectivity index (χ4v) is 4.47. The van der Waals surface area contributed by atoms with Gasteiger partial charge in [-0.3, -0.25) is 9.59 Å². The summed E-state index contributed by atoms with van der Waals surface area (Å²) in [5, 5.41) is 12.3. The minimum absolute atomic E-state index is 0.000736. The van der Waals surface area contributed by atoms with Crippen molar-refractivity contribution in [1.29, 1.82) is 0 Å². The fourth-order valence-electron chi connectivity index (χ4n) is 3.34. The van der Waals surface area contributed by atoms with E-state index in [1.165, 1.54) is 4.90 Å². The maximum atomic E-state index is 12.4. The van der Waals surface area contributed by atoms with Crippen molar-refractivity contribution >= 4 is 23.6 Å². The third-order valence-electron chi connectivity index (χ3n) is 4.65. The molecule has 1 aliphatic carbocycles. The predicted octanol–water partition coefficient (Wildman–Crippen LogP) is 2.70. The van der Waals surface area contributed by atoms with Gasteiger partial charge in [0.15, 0.2) is 0 Å². The lowest BCUT2D eigenvalue weighted by atomic mass is 10.0. The standard InChI is InChI=1S/C16H19NO3S/c1-16(2)12(13(16)15(19)20)14(18)17-10-7-8-21-11-6-4-3-5-9(10)11/h3-6,10,12-13H,7-8H2,1-2H3,(H,17,18)(H,19,20). The highest BCUT2D eigenvalue weighted by Crippen LogP contribution is 2.58. The molecule has 0 saturated heterocycles. The lowest BCUT2D eigenvalue weighted by Crippen LogP contribution is -2.33. The first-order valence-corrected chi connectivity index (χ1v) is 8.16. The highest BCUT2D eigenvalue weighted by Gasteiger charge is 2.66. The number of aliphatic carboxylic acids is 1. The maximum absolute atomic E-state index is 12.4. The number of hydrogen-bond acceptors (Lipinski definition) is 3. The van der Waals surface area contributed by atoms with Crippen LogP contribution in [0.4, 0.5) is 0 Å². The number of hydrogen-bond donors (Lipinski definition) is 2. The smallest absolute Gasteiger partial charge is 0.307 e. The van der Waals surface area contributed by atoms with E-state index in [0.717, 1.165) is 17.7 Å². The molecular formula is C16H19NO3S. The number of rotatable bonds is 3. The van der Waals surface area contributed by atoms with Crippen LogP contribution in [0.1, 0.15) is 31.9 Å². The molecule has 0 bridgehead atoms. The molecule has 21 heavy (non-hydrogen) atoms. The summed E-state index contributed by atoms with van der Waals surface area (Å²) in [5.74, 6) is -1.01. The number of carbonyl (C=O) groups excluding carboxylic acids is 1. The summed E-state index contributed by atoms with van der Waals surface area (Å²) in [6.07, 6.45) is 0.887. The highest BCUT2D eigenvalue weighted by molar-refractivity contribution is 7.99. The van der Waals surface area contributed by atoms with E-state index in [1.54, 1.807) is 11.8 Å². The van der Waals surface area contributed by atoms with Crippen molar-refractivity contribution in [3.8, 4) is 0 Å². The molecule has 0 radical (unpaired) electrons. The van der Waals surface area contributed by atoms with Crippen LogP contribution in [0.5, 0.6) is 0 Å². The number of benzene rings is 1. The molecule has 1 aromatic carbocycles. The van der Waals surface area contributed by atoms with Crippen LogP contribution in [-0.2, 0) is 9.59 Å². The maximum Gasteiger partial charge on any atom is 0.307 e. The van der Waals surface area contributed by atoms with Gasteiger partial charge in [0.25, 0.3) is 0 Å². The average molecular weight is 305 g/mol. The molecule has 3 atom stereocenters. The van der Waals surface area contributed by atoms with E-state index in [-0.39, 0.29) is 11.9 Å². The van der Waals surface area contributed by atoms with Crippen molar-refractivity contribution in [2.24, 2.45) is 17.3 Å². The van der Waals surface area contributed by atoms with Gasteiger partial charge in [0.2, 0.25) is 5.91 Å². The molecule has 0 spiro atoms. The quantitative estimate of drug-likeness (QED) is 0.901. The molecule has 112 valence electrons. The Balaban J connectivity index is 1.74. The number of carbonyl (C=O) groups is 2. The van der Waals surface area contributed by atoms with Gasteiger partial charge in [-0.25, -0.2) is 0 Å². The third-order valence-corrected chi connectivity index (χ3v) is 5.77. The first-order valence-electron chi connectivity index (χ1n) is 7.18. The van der Waals surface area contributed by atoms with Crippen LogP contribution in [0, 0.1) is 17.3 Å². The zero-order valence-electron chi connectivity index (χ0n) is 12.1. The van der Waals surface area contributed by atoms with Gasteiger partial charge in [-0.2, -0.15) is 0 Å². The molecule has 1 heterocycles. The molecule has 5 heteroatoms. The second-order valence-corrected chi connectivity index (χ2v) is 7.49. The Bertz CT molecular complexity index is 599. The zero-order valence-corrected chi connectivity index (χ0v) is 12.9. The SMILES string of the molecule is CC1(C)C(C(=O)O)C1C(=O)NC1CCSc2ccccc21. The van der Waals surface area contributed by atoms with E-state index in [2.05, 4.69) is 11.4 Å². The van der Waals surface area contributed by atoms with Crippen molar-refractivity contribution < 1.29 is 14.7 Å². The van der Waals surface area contributed by atoms with Crippen molar-refractivity contribution in [3.05, 3.63) is 29.8 Å². The molecule has 1 aromatic rings. The van der Waals surface area contributed by atoms with Crippen LogP contribution in [0.15, 0.2) is 29.2 Å². The molecule has 1 fully saturated rings. The second kappa shape index (κ2) is 5.05. The van der Waals surface area contributed by atoms with Crippen LogP contribution >= 0.6 is 11.8 Å². The Kier molecular flexibility index (Phi) is 3.48. The van der Waals surface area contributed by atoms with Crippen LogP contribution in [0.2, 0.25) is 0 Å². The zero-order chi connectivity index (χ0) is 15.2. The summed E-state index contributed by atoms with van der Waals surface area (Å²) >= 11 is 1.80. The first kappa shape index (κ1) is 14.4. The summed E-state index contributed by atoms with van der Waals surface area (Å²) in [5.41, 5.74) is 0.700. The first-order chi connectivity index (χ1) is 9.93. The minimum Gasteiger partial charge on any atom is -0.481 e. The summed E-state index contributed by atoms with van der Waals surface area (Å²) in [7, 11) is 0. The van der Waals surface area contributed by atoms with Gasteiger partial charge in [-0.15, -0.1) is 11.8 Å². The van der Waals surface area contributed by atoms with Crippen LogP contribution in [-0.4, -0.2) is 22.7 Å². The van der Waals surface area contributed by atoms with Gasteiger partial charge in [-0.1, -0.05) is 32.0 Å². The van der Waals surface area contributed by atoms with Crippen molar-refractivity contribution in [1.82, 2.24) is 5.32 Å². The van der Waals surface area contributed by atoms with Crippen LogP contribution < -0.4 is 5.32 Å². The third kappa shape index (κ3) is 2.44. The average Bonchev–Trinajstić information content (AvgIpc) is 3.02. The topological polar surface area (TPSA) is 66.4 Å². The van der Waals surface area contributed by atoms with Crippen LogP contribution in [0.3, 0.4) is 0 Å². The Morgan fingerprint density at radius 1 is 1.29 bits per heavy atom. The number of thioether (sulfide) groups is 1. The molecule has 3 rings (SSSR count). The summed E-state index contributed by atoms with van der Waals surface area (Å²) in [6, 6.07) is 8.09. The Hall–Kier alpha value is -1.49. The summed E-state index contributed by atoms with van der Waals surface area (Å²) < 4.78 is 0. The molecule has 4 nitrogen and oxygen atoms in total. The summed E-state index contributed by atoms with van der Waals surface area (Å²) in [4.78, 5) is 24.8. The highest BCUT2D eigenvalue weighted by atomic mass is 32.2. The van der Waals surface area contributed by atoms with Crippen molar-refractivity contribution in [2.45, 2.75) is 31.2 Å². The lowest BCUT2D eigenvalue weighted by molar-refractivity contribution is -0.140. The summed E-state index contributed by atoms with van der Waals surface area (Å²) in [6.45, 7) is 3.70. The van der Waals surface area contributed by atoms with E-state index in [4.69, 9.17) is 0 Å². The number of fused-ring (bicyclic) bond motifs is 1. The van der Waals surface area contributed by atoms with E-state index < -0.39 is 23.2 Å². The normalized spacial score (nSPS) is 29.3. The molecular weight excluding hydrogens is 286 g/mol. The van der Waals surface area contributed by atoms with Crippen molar-refractivity contribution in [2.75, 3.05) is 5.75 Å². The largest absolute Gasteiger partial charge is 0.481 e. The van der Waals surface area contributed by atoms with Gasteiger partial charge >= 0.3 is 5.97 Å². The molecule has 1 amide bonds. The predicted molar refractivity (Wildman–Crippen MR) is 81.1 cm³/mol. The van der Waals surface area contributed by atoms with E-state index in [9.17, 15) is 14.7 Å². The van der Waals surface area contributed by atoms with Gasteiger partial charge in [0.05, 0.1) is 17.9 Å². The van der Waals surface area contributed by atoms with Crippen molar-refractivity contribution in [3.63, 3.8) is 0 Å². The monoisotopic (exact) mass is 305 g/mol. The number of carboxylic acid groups (broad SMARTS) is 1. The van der Waals surface area contributed by atoms with Gasteiger partial charge < -0.3 is 10.4 Å². The van der Waals surface area contributed by atoms with Gasteiger partial charge in [-0.05, 0) is 23.5 Å². The van der Waals surface area contributed by atoms with Gasteiger partial charge in [0, 0.05) is 10.6 Å². The Labute approximate surface area is 128 Å². The Morgan fingerprint density at radius 3 is 2.67 bits per heavy atom. The molecule has 1 aliphatic heterocycles. The molecule has 3 unspecified atom stereocenters. The second-order valence-electron chi connectivity index (χ2n) is 6.35. The van der Waals surface area contributed by atoms with Crippen LogP contribution in [0.25, 0.3) is 0 Å². The Morgan fingerprint density at radius 2 is 2.00 bits per heavy atom. The van der Waals surface area contributed by atoms with E-state index >= 15 is 0 Å². The minimum atomic E-state index is -0.875. The molecule has 0 aromatic heterocycles. The van der Waals surface area contributed by atoms with E-state index in [1.807, 2.05) is 32.0 Å².